The van der Waals surface area contributed by atoms with E-state index in [1.54, 1.807) is 13.8 Å². The molecule has 2 rings (SSSR count). The van der Waals surface area contributed by atoms with E-state index < -0.39 is 17.5 Å². The summed E-state index contributed by atoms with van der Waals surface area (Å²) in [4.78, 5) is 49.3. The molecule has 5 amide bonds. The van der Waals surface area contributed by atoms with E-state index >= 15 is 0 Å². The molecule has 1 heterocycles. The van der Waals surface area contributed by atoms with E-state index in [0.29, 0.717) is 6.42 Å². The van der Waals surface area contributed by atoms with Crippen molar-refractivity contribution in [3.63, 3.8) is 0 Å². The van der Waals surface area contributed by atoms with E-state index in [-0.39, 0.29) is 30.7 Å². The topological polar surface area (TPSA) is 108 Å². The van der Waals surface area contributed by atoms with Crippen LogP contribution in [0.2, 0.25) is 0 Å². The van der Waals surface area contributed by atoms with Crippen molar-refractivity contribution < 1.29 is 19.2 Å². The molecule has 1 atom stereocenters. The van der Waals surface area contributed by atoms with Gasteiger partial charge in [-0.25, -0.2) is 4.79 Å². The number of nitrogens with one attached hydrogen (secondary N) is 3. The van der Waals surface area contributed by atoms with E-state index in [4.69, 9.17) is 0 Å². The van der Waals surface area contributed by atoms with Crippen molar-refractivity contribution in [2.24, 2.45) is 0 Å². The number of imide groups is 1. The first-order chi connectivity index (χ1) is 12.8. The minimum absolute atomic E-state index is 0.0487. The van der Waals surface area contributed by atoms with Crippen molar-refractivity contribution in [1.82, 2.24) is 21.1 Å². The number of amides is 5. The normalized spacial score (nSPS) is 16.6. The molecule has 0 saturated carbocycles. The second-order valence-corrected chi connectivity index (χ2v) is 7.05. The van der Waals surface area contributed by atoms with Crippen molar-refractivity contribution in [2.75, 3.05) is 6.54 Å². The number of urea groups is 1. The Labute approximate surface area is 158 Å². The first-order valence-electron chi connectivity index (χ1n) is 9.04. The van der Waals surface area contributed by atoms with Crippen LogP contribution < -0.4 is 16.2 Å². The van der Waals surface area contributed by atoms with Crippen LogP contribution in [0.1, 0.15) is 51.5 Å². The summed E-state index contributed by atoms with van der Waals surface area (Å²) in [6.07, 6.45) is 1.38. The van der Waals surface area contributed by atoms with E-state index in [9.17, 15) is 19.2 Å². The van der Waals surface area contributed by atoms with Gasteiger partial charge in [-0.1, -0.05) is 43.7 Å². The van der Waals surface area contributed by atoms with Crippen LogP contribution in [0.15, 0.2) is 30.3 Å². The summed E-state index contributed by atoms with van der Waals surface area (Å²) >= 11 is 0. The van der Waals surface area contributed by atoms with Crippen LogP contribution in [0.5, 0.6) is 0 Å². The quantitative estimate of drug-likeness (QED) is 0.496. The molecule has 8 heteroatoms. The molecule has 0 spiro atoms. The van der Waals surface area contributed by atoms with Crippen LogP contribution in [0.4, 0.5) is 4.79 Å². The third-order valence-electron chi connectivity index (χ3n) is 4.43. The maximum atomic E-state index is 12.4. The standard InChI is InChI=1S/C19H26N4O4/c1-4-8-14(13-9-6-5-7-10-13)16(25)22-21-15(24)11-12-23-17(26)19(2,3)20-18(23)27/h5-7,9-10,14H,4,8,11-12H2,1-3H3,(H,20,27)(H,21,24)(H,22,25)/t14-/m1/s1. The molecular formula is C19H26N4O4. The number of carbonyl (C=O) groups excluding carboxylic acids is 4. The summed E-state index contributed by atoms with van der Waals surface area (Å²) in [6, 6.07) is 8.84. The second kappa shape index (κ2) is 8.66. The molecule has 1 aromatic carbocycles. The third kappa shape index (κ3) is 5.06. The van der Waals surface area contributed by atoms with Crippen molar-refractivity contribution >= 4 is 23.8 Å². The highest BCUT2D eigenvalue weighted by atomic mass is 16.2. The van der Waals surface area contributed by atoms with E-state index in [1.807, 2.05) is 37.3 Å². The predicted octanol–water partition coefficient (Wildman–Crippen LogP) is 1.44. The van der Waals surface area contributed by atoms with Gasteiger partial charge in [-0.3, -0.25) is 30.1 Å². The monoisotopic (exact) mass is 374 g/mol. The van der Waals surface area contributed by atoms with Gasteiger partial charge in [0.15, 0.2) is 0 Å². The molecule has 27 heavy (non-hydrogen) atoms. The molecule has 1 aliphatic heterocycles. The molecule has 8 nitrogen and oxygen atoms in total. The molecule has 0 aromatic heterocycles. The van der Waals surface area contributed by atoms with E-state index in [1.165, 1.54) is 0 Å². The number of hydrogen-bond donors (Lipinski definition) is 3. The highest BCUT2D eigenvalue weighted by Crippen LogP contribution is 2.21. The van der Waals surface area contributed by atoms with Crippen LogP contribution in [-0.4, -0.2) is 40.7 Å². The fourth-order valence-corrected chi connectivity index (χ4v) is 2.94. The average Bonchev–Trinajstić information content (AvgIpc) is 2.83. The minimum Gasteiger partial charge on any atom is -0.324 e. The van der Waals surface area contributed by atoms with Crippen LogP contribution in [0.3, 0.4) is 0 Å². The van der Waals surface area contributed by atoms with Crippen LogP contribution in [0, 0.1) is 0 Å². The highest BCUT2D eigenvalue weighted by Gasteiger charge is 2.44. The molecule has 1 saturated heterocycles. The van der Waals surface area contributed by atoms with Gasteiger partial charge >= 0.3 is 6.03 Å². The Balaban J connectivity index is 1.85. The molecule has 1 aliphatic rings. The lowest BCUT2D eigenvalue weighted by Crippen LogP contribution is -2.45. The maximum Gasteiger partial charge on any atom is 0.325 e. The largest absolute Gasteiger partial charge is 0.325 e. The van der Waals surface area contributed by atoms with Gasteiger partial charge in [0.05, 0.1) is 5.92 Å². The zero-order valence-electron chi connectivity index (χ0n) is 15.9. The summed E-state index contributed by atoms with van der Waals surface area (Å²) in [6.45, 7) is 5.14. The summed E-state index contributed by atoms with van der Waals surface area (Å²) in [5.74, 6) is -1.51. The van der Waals surface area contributed by atoms with Crippen molar-refractivity contribution in [2.45, 2.75) is 51.5 Å². The molecule has 0 aliphatic carbocycles. The SMILES string of the molecule is CCC[C@@H](C(=O)NNC(=O)CCN1C(=O)NC(C)(C)C1=O)c1ccccc1. The van der Waals surface area contributed by atoms with Crippen LogP contribution >= 0.6 is 0 Å². The first-order valence-corrected chi connectivity index (χ1v) is 9.04. The van der Waals surface area contributed by atoms with Gasteiger partial charge in [-0.2, -0.15) is 0 Å². The Bertz CT molecular complexity index is 718. The highest BCUT2D eigenvalue weighted by molar-refractivity contribution is 6.06. The number of benzene rings is 1. The Morgan fingerprint density at radius 3 is 2.37 bits per heavy atom. The van der Waals surface area contributed by atoms with Gasteiger partial charge in [0.1, 0.15) is 5.54 Å². The number of hydrogen-bond acceptors (Lipinski definition) is 4. The summed E-state index contributed by atoms with van der Waals surface area (Å²) < 4.78 is 0. The zero-order valence-corrected chi connectivity index (χ0v) is 15.9. The Kier molecular flexibility index (Phi) is 6.55. The van der Waals surface area contributed by atoms with Gasteiger partial charge in [-0.05, 0) is 25.8 Å². The number of hydrazine groups is 1. The molecule has 146 valence electrons. The van der Waals surface area contributed by atoms with E-state index in [2.05, 4.69) is 16.2 Å². The van der Waals surface area contributed by atoms with Gasteiger partial charge < -0.3 is 5.32 Å². The predicted molar refractivity (Wildman–Crippen MR) is 99.3 cm³/mol. The zero-order chi connectivity index (χ0) is 20.0. The Morgan fingerprint density at radius 2 is 1.81 bits per heavy atom. The molecule has 0 unspecified atom stereocenters. The molecular weight excluding hydrogens is 348 g/mol. The Morgan fingerprint density at radius 1 is 1.15 bits per heavy atom. The second-order valence-electron chi connectivity index (χ2n) is 7.05. The van der Waals surface area contributed by atoms with Crippen LogP contribution in [0.25, 0.3) is 0 Å². The van der Waals surface area contributed by atoms with Gasteiger partial charge in [0.2, 0.25) is 11.8 Å². The number of rotatable bonds is 7. The van der Waals surface area contributed by atoms with Crippen molar-refractivity contribution in [3.05, 3.63) is 35.9 Å². The molecule has 3 N–H and O–H groups in total. The van der Waals surface area contributed by atoms with Crippen molar-refractivity contribution in [1.29, 1.82) is 0 Å². The van der Waals surface area contributed by atoms with Crippen LogP contribution in [-0.2, 0) is 14.4 Å². The number of carbonyl (C=O) groups is 4. The molecule has 0 radical (unpaired) electrons. The van der Waals surface area contributed by atoms with Gasteiger partial charge in [0.25, 0.3) is 5.91 Å². The molecule has 1 aromatic rings. The van der Waals surface area contributed by atoms with Gasteiger partial charge in [0, 0.05) is 13.0 Å². The Hall–Kier alpha value is -2.90. The number of nitrogens with zero attached hydrogens (tertiary/aromatic N) is 1. The minimum atomic E-state index is -0.967. The first kappa shape index (κ1) is 20.4. The van der Waals surface area contributed by atoms with Gasteiger partial charge in [-0.15, -0.1) is 0 Å². The fraction of sp³-hybridized carbons (Fsp3) is 0.474. The third-order valence-corrected chi connectivity index (χ3v) is 4.43. The lowest BCUT2D eigenvalue weighted by molar-refractivity contribution is -0.132. The smallest absolute Gasteiger partial charge is 0.324 e. The summed E-state index contributed by atoms with van der Waals surface area (Å²) in [7, 11) is 0. The molecule has 1 fully saturated rings. The summed E-state index contributed by atoms with van der Waals surface area (Å²) in [5, 5.41) is 2.55. The molecule has 0 bridgehead atoms. The lowest BCUT2D eigenvalue weighted by Gasteiger charge is -2.18. The maximum absolute atomic E-state index is 12.4. The van der Waals surface area contributed by atoms with Crippen molar-refractivity contribution in [3.8, 4) is 0 Å². The average molecular weight is 374 g/mol. The summed E-state index contributed by atoms with van der Waals surface area (Å²) in [5.41, 5.74) is 4.71. The lowest BCUT2D eigenvalue weighted by atomic mass is 9.94. The van der Waals surface area contributed by atoms with E-state index in [0.717, 1.165) is 16.9 Å². The fourth-order valence-electron chi connectivity index (χ4n) is 2.94.